The van der Waals surface area contributed by atoms with E-state index in [1.807, 2.05) is 0 Å². The zero-order chi connectivity index (χ0) is 30.2. The first-order valence-corrected chi connectivity index (χ1v) is 14.2. The zero-order valence-corrected chi connectivity index (χ0v) is 25.4. The van der Waals surface area contributed by atoms with Crippen molar-refractivity contribution < 1.29 is 19.8 Å². The van der Waals surface area contributed by atoms with Crippen LogP contribution in [-0.2, 0) is 13.2 Å². The number of aliphatic hydroxyl groups is 2. The Balaban J connectivity index is 0.000000400. The summed E-state index contributed by atoms with van der Waals surface area (Å²) in [7, 11) is 0. The lowest BCUT2D eigenvalue weighted by atomic mass is 10.1. The number of anilines is 2. The van der Waals surface area contributed by atoms with Gasteiger partial charge in [0.05, 0.1) is 34.6 Å². The molecule has 0 saturated heterocycles. The maximum atomic E-state index is 12.1. The number of carbonyl (C=O) groups excluding carboxylic acids is 2. The monoisotopic (exact) mass is 598 g/mol. The fraction of sp³-hybridized carbons (Fsp3) is 0.500. The summed E-state index contributed by atoms with van der Waals surface area (Å²) in [5.41, 5.74) is 13.7. The third-order valence-electron chi connectivity index (χ3n) is 6.49. The minimum atomic E-state index is -0.250. The summed E-state index contributed by atoms with van der Waals surface area (Å²) in [6.45, 7) is 14.3. The molecule has 8 N–H and O–H groups in total. The number of benzene rings is 2. The van der Waals surface area contributed by atoms with Crippen LogP contribution in [0, 0.1) is 0 Å². The number of hydrogen-bond donors (Lipinski definition) is 6. The average Bonchev–Trinajstić information content (AvgIpc) is 2.95. The van der Waals surface area contributed by atoms with E-state index in [2.05, 4.69) is 48.1 Å². The van der Waals surface area contributed by atoms with Gasteiger partial charge in [0.25, 0.3) is 11.8 Å². The quantitative estimate of drug-likeness (QED) is 0.181. The second-order valence-electron chi connectivity index (χ2n) is 8.94. The first-order valence-electron chi connectivity index (χ1n) is 13.4. The van der Waals surface area contributed by atoms with Gasteiger partial charge < -0.3 is 42.1 Å². The molecule has 12 heteroatoms. The topological polar surface area (TPSA) is 157 Å². The number of nitrogens with one attached hydrogen (secondary N) is 2. The van der Waals surface area contributed by atoms with Crippen molar-refractivity contribution in [3.63, 3.8) is 0 Å². The number of carbonyl (C=O) groups is 2. The Morgan fingerprint density at radius 3 is 1.30 bits per heavy atom. The van der Waals surface area contributed by atoms with Gasteiger partial charge in [-0.1, -0.05) is 50.9 Å². The molecule has 2 amide bonds. The lowest BCUT2D eigenvalue weighted by Crippen LogP contribution is -2.35. The van der Waals surface area contributed by atoms with Gasteiger partial charge in [-0.3, -0.25) is 9.59 Å². The molecule has 2 rings (SSSR count). The first-order chi connectivity index (χ1) is 19.1. The van der Waals surface area contributed by atoms with Gasteiger partial charge in [0.15, 0.2) is 0 Å². The molecule has 0 aliphatic heterocycles. The highest BCUT2D eigenvalue weighted by atomic mass is 35.5. The Morgan fingerprint density at radius 2 is 1.02 bits per heavy atom. The third kappa shape index (κ3) is 11.1. The molecular formula is C28H44Cl2N6O4. The fourth-order valence-electron chi connectivity index (χ4n) is 3.88. The molecule has 2 aromatic rings. The Hall–Kier alpha value is -2.60. The number of halogens is 2. The molecule has 0 aliphatic rings. The van der Waals surface area contributed by atoms with Gasteiger partial charge in [0.2, 0.25) is 0 Å². The van der Waals surface area contributed by atoms with Crippen LogP contribution in [0.3, 0.4) is 0 Å². The number of rotatable bonds is 14. The molecule has 224 valence electrons. The summed E-state index contributed by atoms with van der Waals surface area (Å²) < 4.78 is 0. The van der Waals surface area contributed by atoms with E-state index in [1.165, 1.54) is 24.3 Å². The van der Waals surface area contributed by atoms with Crippen LogP contribution in [0.5, 0.6) is 0 Å². The lowest BCUT2D eigenvalue weighted by Gasteiger charge is -2.18. The first kappa shape index (κ1) is 35.4. The fourth-order valence-corrected chi connectivity index (χ4v) is 4.21. The normalized spacial score (nSPS) is 10.8. The maximum Gasteiger partial charge on any atom is 0.251 e. The molecule has 0 radical (unpaired) electrons. The van der Waals surface area contributed by atoms with Gasteiger partial charge in [-0.05, 0) is 61.6 Å². The van der Waals surface area contributed by atoms with E-state index in [9.17, 15) is 19.8 Å². The summed E-state index contributed by atoms with van der Waals surface area (Å²) in [6.07, 6.45) is 0. The van der Waals surface area contributed by atoms with Crippen LogP contribution in [0.25, 0.3) is 0 Å². The Bertz CT molecular complexity index is 1010. The number of amides is 2. The number of aliphatic hydroxyl groups excluding tert-OH is 2. The van der Waals surface area contributed by atoms with E-state index < -0.39 is 0 Å². The number of likely N-dealkylation sites (N-methyl/N-ethyl adjacent to an activating group) is 2. The predicted molar refractivity (Wildman–Crippen MR) is 164 cm³/mol. The molecule has 0 bridgehead atoms. The highest BCUT2D eigenvalue weighted by Gasteiger charge is 2.15. The molecule has 0 aliphatic carbocycles. The number of nitrogen functional groups attached to an aromatic ring is 2. The smallest absolute Gasteiger partial charge is 0.251 e. The van der Waals surface area contributed by atoms with Crippen LogP contribution >= 0.6 is 23.2 Å². The molecule has 2 aromatic carbocycles. The van der Waals surface area contributed by atoms with Crippen LogP contribution in [0.4, 0.5) is 11.4 Å². The van der Waals surface area contributed by atoms with Gasteiger partial charge in [-0.15, -0.1) is 0 Å². The number of nitrogens with zero attached hydrogens (tertiary/aromatic N) is 2. The molecule has 0 unspecified atom stereocenters. The van der Waals surface area contributed by atoms with Crippen molar-refractivity contribution in [3.05, 3.63) is 56.6 Å². The van der Waals surface area contributed by atoms with Gasteiger partial charge in [-0.2, -0.15) is 0 Å². The third-order valence-corrected chi connectivity index (χ3v) is 7.15. The largest absolute Gasteiger partial charge is 0.398 e. The maximum absolute atomic E-state index is 12.1. The summed E-state index contributed by atoms with van der Waals surface area (Å²) in [4.78, 5) is 28.6. The molecular weight excluding hydrogens is 555 g/mol. The Morgan fingerprint density at radius 1 is 0.700 bits per heavy atom. The van der Waals surface area contributed by atoms with Crippen molar-refractivity contribution in [2.45, 2.75) is 40.9 Å². The number of nitrogens with two attached hydrogens (primary N) is 2. The van der Waals surface area contributed by atoms with Crippen molar-refractivity contribution in [2.75, 3.05) is 63.8 Å². The second-order valence-corrected chi connectivity index (χ2v) is 9.76. The van der Waals surface area contributed by atoms with E-state index in [-0.39, 0.29) is 25.0 Å². The standard InChI is InChI=1S/2C14H22ClN3O2/c2*1-3-18(4-2)6-5-17-14(20)11-8-12(15)13(16)7-10(11)9-19/h2*7-8,19H,3-6,9,16H2,1-2H3,(H,17,20). The van der Waals surface area contributed by atoms with Crippen molar-refractivity contribution in [3.8, 4) is 0 Å². The van der Waals surface area contributed by atoms with Crippen LogP contribution in [0.15, 0.2) is 24.3 Å². The Kier molecular flexibility index (Phi) is 16.6. The number of hydrogen-bond acceptors (Lipinski definition) is 8. The minimum Gasteiger partial charge on any atom is -0.398 e. The van der Waals surface area contributed by atoms with E-state index in [4.69, 9.17) is 34.7 Å². The van der Waals surface area contributed by atoms with Crippen molar-refractivity contribution in [1.82, 2.24) is 20.4 Å². The van der Waals surface area contributed by atoms with Crippen molar-refractivity contribution in [2.24, 2.45) is 0 Å². The Labute approximate surface area is 247 Å². The molecule has 40 heavy (non-hydrogen) atoms. The van der Waals surface area contributed by atoms with E-state index in [1.54, 1.807) is 0 Å². The van der Waals surface area contributed by atoms with E-state index in [0.717, 1.165) is 39.3 Å². The van der Waals surface area contributed by atoms with E-state index in [0.29, 0.717) is 56.8 Å². The molecule has 10 nitrogen and oxygen atoms in total. The summed E-state index contributed by atoms with van der Waals surface area (Å²) >= 11 is 11.8. The average molecular weight is 600 g/mol. The molecule has 0 spiro atoms. The summed E-state index contributed by atoms with van der Waals surface area (Å²) in [5, 5.41) is 24.9. The van der Waals surface area contributed by atoms with Crippen molar-refractivity contribution >= 4 is 46.4 Å². The summed E-state index contributed by atoms with van der Waals surface area (Å²) in [6, 6.07) is 6.05. The van der Waals surface area contributed by atoms with Gasteiger partial charge >= 0.3 is 0 Å². The predicted octanol–water partition coefficient (Wildman–Crippen LogP) is 2.97. The zero-order valence-electron chi connectivity index (χ0n) is 23.9. The highest BCUT2D eigenvalue weighted by Crippen LogP contribution is 2.24. The molecule has 0 heterocycles. The van der Waals surface area contributed by atoms with Crippen molar-refractivity contribution in [1.29, 1.82) is 0 Å². The second kappa shape index (κ2) is 18.7. The molecule has 0 atom stereocenters. The summed E-state index contributed by atoms with van der Waals surface area (Å²) in [5.74, 6) is -0.494. The molecule has 0 fully saturated rings. The molecule has 0 saturated carbocycles. The SMILES string of the molecule is CCN(CC)CCNC(=O)c1cc(Cl)c(N)cc1CO.CCN(CC)CCNC(=O)c1cc(Cl)c(N)cc1CO. The van der Waals surface area contributed by atoms with Crippen LogP contribution < -0.4 is 22.1 Å². The lowest BCUT2D eigenvalue weighted by molar-refractivity contribution is 0.0938. The van der Waals surface area contributed by atoms with Crippen LogP contribution in [0.1, 0.15) is 59.5 Å². The van der Waals surface area contributed by atoms with Crippen LogP contribution in [-0.4, -0.2) is 84.2 Å². The van der Waals surface area contributed by atoms with Gasteiger partial charge in [0.1, 0.15) is 0 Å². The highest BCUT2D eigenvalue weighted by molar-refractivity contribution is 6.33. The van der Waals surface area contributed by atoms with Gasteiger partial charge in [0, 0.05) is 37.3 Å². The van der Waals surface area contributed by atoms with Gasteiger partial charge in [-0.25, -0.2) is 0 Å². The minimum absolute atomic E-state index is 0.247. The molecule has 0 aromatic heterocycles. The van der Waals surface area contributed by atoms with E-state index >= 15 is 0 Å². The van der Waals surface area contributed by atoms with Crippen LogP contribution in [0.2, 0.25) is 10.0 Å².